The number of amides is 2. The number of carbonyl (C=O) groups excluding carboxylic acids is 2. The molecule has 4 rings (SSSR count). The van der Waals surface area contributed by atoms with E-state index >= 15 is 0 Å². The van der Waals surface area contributed by atoms with Crippen LogP contribution in [0.4, 0.5) is 66.7 Å². The van der Waals surface area contributed by atoms with Gasteiger partial charge in [-0.1, -0.05) is 0 Å². The molecular formula is C20H5F10N3O2. The predicted molar refractivity (Wildman–Crippen MR) is 97.3 cm³/mol. The lowest BCUT2D eigenvalue weighted by atomic mass is 10.1. The van der Waals surface area contributed by atoms with Gasteiger partial charge in [0.2, 0.25) is 11.6 Å². The van der Waals surface area contributed by atoms with E-state index in [4.69, 9.17) is 0 Å². The molecule has 1 aliphatic rings. The molecule has 0 saturated carbocycles. The van der Waals surface area contributed by atoms with Crippen molar-refractivity contribution in [2.24, 2.45) is 0 Å². The molecule has 5 nitrogen and oxygen atoms in total. The Morgan fingerprint density at radius 1 is 0.457 bits per heavy atom. The molecule has 0 fully saturated rings. The Balaban J connectivity index is 1.93. The SMILES string of the molecule is O=C1NC(=O)c2cc(Nc3c(F)c(F)c(F)c(F)c3F)c(Nc3c(F)c(F)c(F)c(F)c3F)cc21. The number of halogens is 10. The minimum absolute atomic E-state index is 0.510. The van der Waals surface area contributed by atoms with Crippen LogP contribution < -0.4 is 16.0 Å². The van der Waals surface area contributed by atoms with Gasteiger partial charge in [-0.2, -0.15) is 0 Å². The third-order valence-electron chi connectivity index (χ3n) is 4.81. The maximum absolute atomic E-state index is 14.1. The van der Waals surface area contributed by atoms with Crippen LogP contribution in [0.1, 0.15) is 20.7 Å². The van der Waals surface area contributed by atoms with Crippen molar-refractivity contribution in [1.82, 2.24) is 5.32 Å². The summed E-state index contributed by atoms with van der Waals surface area (Å²) in [5.41, 5.74) is -6.09. The van der Waals surface area contributed by atoms with E-state index in [1.807, 2.05) is 0 Å². The summed E-state index contributed by atoms with van der Waals surface area (Å²) in [6.45, 7) is 0. The van der Waals surface area contributed by atoms with Crippen LogP contribution in [-0.4, -0.2) is 11.8 Å². The second kappa shape index (κ2) is 8.18. The van der Waals surface area contributed by atoms with E-state index in [9.17, 15) is 53.5 Å². The molecular weight excluding hydrogens is 504 g/mol. The van der Waals surface area contributed by atoms with Crippen LogP contribution in [0.25, 0.3) is 0 Å². The van der Waals surface area contributed by atoms with E-state index < -0.39 is 104 Å². The molecule has 0 atom stereocenters. The smallest absolute Gasteiger partial charge is 0.259 e. The van der Waals surface area contributed by atoms with Gasteiger partial charge in [0.15, 0.2) is 46.5 Å². The third-order valence-corrected chi connectivity index (χ3v) is 4.81. The highest BCUT2D eigenvalue weighted by Crippen LogP contribution is 2.38. The zero-order valence-electron chi connectivity index (χ0n) is 16.3. The summed E-state index contributed by atoms with van der Waals surface area (Å²) in [5, 5.41) is 5.24. The summed E-state index contributed by atoms with van der Waals surface area (Å²) < 4.78 is 138. The Morgan fingerprint density at radius 2 is 0.714 bits per heavy atom. The van der Waals surface area contributed by atoms with Gasteiger partial charge in [0, 0.05) is 0 Å². The van der Waals surface area contributed by atoms with Crippen LogP contribution in [0, 0.1) is 58.2 Å². The molecule has 0 aromatic heterocycles. The van der Waals surface area contributed by atoms with Crippen LogP contribution in [0.3, 0.4) is 0 Å². The average Bonchev–Trinajstić information content (AvgIpc) is 3.11. The average molecular weight is 509 g/mol. The molecule has 182 valence electrons. The summed E-state index contributed by atoms with van der Waals surface area (Å²) in [5.74, 6) is -26.2. The van der Waals surface area contributed by atoms with E-state index in [0.717, 1.165) is 0 Å². The molecule has 0 aliphatic carbocycles. The minimum atomic E-state index is -2.51. The van der Waals surface area contributed by atoms with E-state index in [-0.39, 0.29) is 0 Å². The van der Waals surface area contributed by atoms with E-state index in [0.29, 0.717) is 12.1 Å². The van der Waals surface area contributed by atoms with Crippen LogP contribution >= 0.6 is 0 Å². The number of benzene rings is 3. The molecule has 3 N–H and O–H groups in total. The number of carbonyl (C=O) groups is 2. The van der Waals surface area contributed by atoms with Crippen molar-refractivity contribution < 1.29 is 53.5 Å². The van der Waals surface area contributed by atoms with Crippen LogP contribution in [0.5, 0.6) is 0 Å². The minimum Gasteiger partial charge on any atom is -0.349 e. The largest absolute Gasteiger partial charge is 0.349 e. The topological polar surface area (TPSA) is 70.2 Å². The standard InChI is InChI=1S/C20H5F10N3O2/c21-7-9(23)13(27)17(14(28)10(7)24)31-5-1-3-4(20(35)33-19(3)34)2-6(5)32-18-15(29)11(25)8(22)12(26)16(18)30/h1-2,31-32H,(H,33,34,35). The van der Waals surface area contributed by atoms with Crippen molar-refractivity contribution in [3.8, 4) is 0 Å². The highest BCUT2D eigenvalue weighted by Gasteiger charge is 2.32. The molecule has 0 bridgehead atoms. The first kappa shape index (κ1) is 23.8. The summed E-state index contributed by atoms with van der Waals surface area (Å²) in [6.07, 6.45) is 0. The Hall–Kier alpha value is -4.30. The Labute approximate surface area is 186 Å². The molecule has 2 amide bonds. The highest BCUT2D eigenvalue weighted by molar-refractivity contribution is 6.22. The quantitative estimate of drug-likeness (QED) is 0.190. The maximum atomic E-state index is 14.1. The number of fused-ring (bicyclic) bond motifs is 1. The lowest BCUT2D eigenvalue weighted by Gasteiger charge is -2.18. The maximum Gasteiger partial charge on any atom is 0.259 e. The zero-order valence-corrected chi connectivity index (χ0v) is 16.3. The predicted octanol–water partition coefficient (Wildman–Crippen LogP) is 5.45. The van der Waals surface area contributed by atoms with Crippen LogP contribution in [0.2, 0.25) is 0 Å². The van der Waals surface area contributed by atoms with Crippen molar-refractivity contribution in [3.05, 3.63) is 81.4 Å². The van der Waals surface area contributed by atoms with Gasteiger partial charge in [0.1, 0.15) is 11.4 Å². The number of nitrogens with one attached hydrogen (secondary N) is 3. The lowest BCUT2D eigenvalue weighted by molar-refractivity contribution is 0.0879. The van der Waals surface area contributed by atoms with Gasteiger partial charge in [-0.25, -0.2) is 43.9 Å². The Morgan fingerprint density at radius 3 is 1.00 bits per heavy atom. The molecule has 0 unspecified atom stereocenters. The van der Waals surface area contributed by atoms with E-state index in [2.05, 4.69) is 0 Å². The summed E-state index contributed by atoms with van der Waals surface area (Å²) >= 11 is 0. The van der Waals surface area contributed by atoms with Crippen molar-refractivity contribution in [1.29, 1.82) is 0 Å². The van der Waals surface area contributed by atoms with Gasteiger partial charge in [0.05, 0.1) is 22.5 Å². The molecule has 0 radical (unpaired) electrons. The van der Waals surface area contributed by atoms with E-state index in [1.165, 1.54) is 0 Å². The molecule has 3 aromatic carbocycles. The molecule has 35 heavy (non-hydrogen) atoms. The van der Waals surface area contributed by atoms with Crippen LogP contribution in [0.15, 0.2) is 12.1 Å². The van der Waals surface area contributed by atoms with Gasteiger partial charge in [-0.15, -0.1) is 0 Å². The Bertz CT molecular complexity index is 1310. The number of hydrogen-bond acceptors (Lipinski definition) is 4. The first-order chi connectivity index (χ1) is 16.3. The second-order valence-electron chi connectivity index (χ2n) is 6.87. The van der Waals surface area contributed by atoms with Gasteiger partial charge in [0.25, 0.3) is 11.8 Å². The van der Waals surface area contributed by atoms with Crippen molar-refractivity contribution in [2.45, 2.75) is 0 Å². The molecule has 0 saturated heterocycles. The van der Waals surface area contributed by atoms with Gasteiger partial charge < -0.3 is 10.6 Å². The van der Waals surface area contributed by atoms with Gasteiger partial charge >= 0.3 is 0 Å². The van der Waals surface area contributed by atoms with Crippen molar-refractivity contribution in [2.75, 3.05) is 10.6 Å². The molecule has 1 aliphatic heterocycles. The van der Waals surface area contributed by atoms with Crippen molar-refractivity contribution >= 4 is 34.6 Å². The second-order valence-corrected chi connectivity index (χ2v) is 6.87. The first-order valence-electron chi connectivity index (χ1n) is 8.95. The van der Waals surface area contributed by atoms with Gasteiger partial charge in [-0.3, -0.25) is 14.9 Å². The zero-order chi connectivity index (χ0) is 25.9. The fourth-order valence-electron chi connectivity index (χ4n) is 3.12. The molecule has 0 spiro atoms. The summed E-state index contributed by atoms with van der Waals surface area (Å²) in [7, 11) is 0. The fraction of sp³-hybridized carbons (Fsp3) is 0. The Kier molecular flexibility index (Phi) is 5.57. The molecule has 15 heteroatoms. The highest BCUT2D eigenvalue weighted by atomic mass is 19.2. The number of hydrogen-bond donors (Lipinski definition) is 3. The summed E-state index contributed by atoms with van der Waals surface area (Å²) in [4.78, 5) is 23.8. The molecule has 3 aromatic rings. The normalized spacial score (nSPS) is 12.6. The first-order valence-corrected chi connectivity index (χ1v) is 8.95. The number of anilines is 4. The monoisotopic (exact) mass is 509 g/mol. The third kappa shape index (κ3) is 3.59. The van der Waals surface area contributed by atoms with Crippen LogP contribution in [-0.2, 0) is 0 Å². The molecule has 1 heterocycles. The van der Waals surface area contributed by atoms with E-state index in [1.54, 1.807) is 16.0 Å². The van der Waals surface area contributed by atoms with Gasteiger partial charge in [-0.05, 0) is 12.1 Å². The summed E-state index contributed by atoms with van der Waals surface area (Å²) in [6, 6.07) is 1.23. The van der Waals surface area contributed by atoms with Crippen molar-refractivity contribution in [3.63, 3.8) is 0 Å². The number of rotatable bonds is 4. The fourth-order valence-corrected chi connectivity index (χ4v) is 3.12. The lowest BCUT2D eigenvalue weighted by Crippen LogP contribution is -2.19. The number of imide groups is 1.